The molecule has 3 nitrogen and oxygen atoms in total. The number of hydrogen-bond acceptors (Lipinski definition) is 3. The van der Waals surface area contributed by atoms with Crippen molar-refractivity contribution in [1.29, 1.82) is 0 Å². The zero-order valence-electron chi connectivity index (χ0n) is 11.8. The van der Waals surface area contributed by atoms with Crippen molar-refractivity contribution in [1.82, 2.24) is 15.1 Å². The molecule has 19 heavy (non-hydrogen) atoms. The topological polar surface area (TPSA) is 29.9 Å². The predicted octanol–water partition coefficient (Wildman–Crippen LogP) is 3.03. The molecule has 0 spiro atoms. The van der Waals surface area contributed by atoms with Crippen LogP contribution in [0.15, 0.2) is 29.8 Å². The van der Waals surface area contributed by atoms with Crippen LogP contribution in [0, 0.1) is 0 Å². The summed E-state index contributed by atoms with van der Waals surface area (Å²) in [5.41, 5.74) is 1.31. The third kappa shape index (κ3) is 4.48. The molecule has 1 atom stereocenters. The summed E-state index contributed by atoms with van der Waals surface area (Å²) in [4.78, 5) is 1.47. The standard InChI is InChI=1S/C15H23N3S/c1-3-9-16-13(12-15-5-4-11-19-15)6-7-14-8-10-17-18(14)2/h4-5,8,10-11,13,16H,3,6-7,9,12H2,1-2H3. The number of nitrogens with zero attached hydrogens (tertiary/aromatic N) is 2. The summed E-state index contributed by atoms with van der Waals surface area (Å²) in [5.74, 6) is 0. The molecule has 0 bridgehead atoms. The van der Waals surface area contributed by atoms with Gasteiger partial charge < -0.3 is 5.32 Å². The first-order chi connectivity index (χ1) is 9.29. The summed E-state index contributed by atoms with van der Waals surface area (Å²) in [7, 11) is 2.02. The summed E-state index contributed by atoms with van der Waals surface area (Å²) in [6.45, 7) is 3.32. The minimum atomic E-state index is 0.563. The van der Waals surface area contributed by atoms with E-state index in [1.807, 2.05) is 29.3 Å². The van der Waals surface area contributed by atoms with E-state index in [1.165, 1.54) is 17.0 Å². The number of aromatic nitrogens is 2. The van der Waals surface area contributed by atoms with Crippen molar-refractivity contribution in [2.45, 2.75) is 38.6 Å². The van der Waals surface area contributed by atoms with Crippen molar-refractivity contribution < 1.29 is 0 Å². The van der Waals surface area contributed by atoms with E-state index in [9.17, 15) is 0 Å². The maximum atomic E-state index is 4.23. The van der Waals surface area contributed by atoms with E-state index >= 15 is 0 Å². The second-order valence-corrected chi connectivity index (χ2v) is 5.95. The lowest BCUT2D eigenvalue weighted by atomic mass is 10.1. The van der Waals surface area contributed by atoms with E-state index in [0.717, 1.165) is 25.8 Å². The fourth-order valence-electron chi connectivity index (χ4n) is 2.26. The molecule has 0 amide bonds. The molecule has 2 heterocycles. The lowest BCUT2D eigenvalue weighted by Crippen LogP contribution is -2.32. The molecule has 0 aliphatic heterocycles. The fourth-order valence-corrected chi connectivity index (χ4v) is 3.05. The van der Waals surface area contributed by atoms with E-state index in [4.69, 9.17) is 0 Å². The third-order valence-corrected chi connectivity index (χ3v) is 4.28. The summed E-state index contributed by atoms with van der Waals surface area (Å²) < 4.78 is 1.97. The van der Waals surface area contributed by atoms with Crippen LogP contribution in [0.25, 0.3) is 0 Å². The number of thiophene rings is 1. The van der Waals surface area contributed by atoms with Gasteiger partial charge >= 0.3 is 0 Å². The van der Waals surface area contributed by atoms with Crippen LogP contribution in [0.3, 0.4) is 0 Å². The fraction of sp³-hybridized carbons (Fsp3) is 0.533. The van der Waals surface area contributed by atoms with Gasteiger partial charge in [0.1, 0.15) is 0 Å². The Kier molecular flexibility index (Phi) is 5.61. The maximum absolute atomic E-state index is 4.23. The summed E-state index contributed by atoms with van der Waals surface area (Å²) in [6, 6.07) is 7.04. The molecule has 0 aliphatic rings. The molecule has 104 valence electrons. The van der Waals surface area contributed by atoms with Gasteiger partial charge in [-0.05, 0) is 49.7 Å². The second kappa shape index (κ2) is 7.46. The first kappa shape index (κ1) is 14.3. The minimum absolute atomic E-state index is 0.563. The van der Waals surface area contributed by atoms with E-state index in [1.54, 1.807) is 0 Å². The Labute approximate surface area is 119 Å². The Hall–Kier alpha value is -1.13. The zero-order chi connectivity index (χ0) is 13.5. The molecule has 1 N–H and O–H groups in total. The second-order valence-electron chi connectivity index (χ2n) is 4.92. The average molecular weight is 277 g/mol. The molecule has 0 saturated heterocycles. The quantitative estimate of drug-likeness (QED) is 0.804. The van der Waals surface area contributed by atoms with Crippen molar-refractivity contribution in [3.63, 3.8) is 0 Å². The molecule has 0 saturated carbocycles. The zero-order valence-corrected chi connectivity index (χ0v) is 12.6. The average Bonchev–Trinajstić information content (AvgIpc) is 3.04. The molecule has 0 fully saturated rings. The highest BCUT2D eigenvalue weighted by Crippen LogP contribution is 2.14. The van der Waals surface area contributed by atoms with Crippen LogP contribution in [0.2, 0.25) is 0 Å². The molecule has 2 aromatic rings. The summed E-state index contributed by atoms with van der Waals surface area (Å²) in [6.07, 6.45) is 6.45. The highest BCUT2D eigenvalue weighted by atomic mass is 32.1. The van der Waals surface area contributed by atoms with E-state index < -0.39 is 0 Å². The Bertz CT molecular complexity index is 461. The van der Waals surface area contributed by atoms with Crippen LogP contribution >= 0.6 is 11.3 Å². The molecule has 2 rings (SSSR count). The monoisotopic (exact) mass is 277 g/mol. The SMILES string of the molecule is CCCNC(CCc1ccnn1C)Cc1cccs1. The Balaban J connectivity index is 1.88. The molecule has 1 unspecified atom stereocenters. The number of rotatable bonds is 8. The van der Waals surface area contributed by atoms with Crippen molar-refractivity contribution in [3.05, 3.63) is 40.3 Å². The van der Waals surface area contributed by atoms with Gasteiger partial charge in [-0.3, -0.25) is 4.68 Å². The molecular formula is C15H23N3S. The van der Waals surface area contributed by atoms with Gasteiger partial charge in [-0.1, -0.05) is 13.0 Å². The first-order valence-corrected chi connectivity index (χ1v) is 7.90. The predicted molar refractivity (Wildman–Crippen MR) is 81.6 cm³/mol. The van der Waals surface area contributed by atoms with Crippen LogP contribution in [-0.4, -0.2) is 22.4 Å². The van der Waals surface area contributed by atoms with E-state index in [-0.39, 0.29) is 0 Å². The number of nitrogens with one attached hydrogen (secondary N) is 1. The molecule has 0 aliphatic carbocycles. The lowest BCUT2D eigenvalue weighted by molar-refractivity contribution is 0.473. The van der Waals surface area contributed by atoms with Crippen LogP contribution in [0.4, 0.5) is 0 Å². The van der Waals surface area contributed by atoms with Crippen LogP contribution < -0.4 is 5.32 Å². The summed E-state index contributed by atoms with van der Waals surface area (Å²) >= 11 is 1.85. The largest absolute Gasteiger partial charge is 0.314 e. The van der Waals surface area contributed by atoms with Gasteiger partial charge in [0, 0.05) is 29.9 Å². The molecule has 4 heteroatoms. The minimum Gasteiger partial charge on any atom is -0.314 e. The van der Waals surface area contributed by atoms with E-state index in [2.05, 4.69) is 40.9 Å². The molecule has 0 radical (unpaired) electrons. The Morgan fingerprint density at radius 2 is 2.32 bits per heavy atom. The van der Waals surface area contributed by atoms with Gasteiger partial charge in [0.05, 0.1) is 0 Å². The van der Waals surface area contributed by atoms with Gasteiger partial charge in [-0.2, -0.15) is 5.10 Å². The number of hydrogen-bond donors (Lipinski definition) is 1. The van der Waals surface area contributed by atoms with Crippen LogP contribution in [0.1, 0.15) is 30.3 Å². The lowest BCUT2D eigenvalue weighted by Gasteiger charge is -2.17. The van der Waals surface area contributed by atoms with Gasteiger partial charge in [0.2, 0.25) is 0 Å². The van der Waals surface area contributed by atoms with E-state index in [0.29, 0.717) is 6.04 Å². The first-order valence-electron chi connectivity index (χ1n) is 7.02. The van der Waals surface area contributed by atoms with Gasteiger partial charge in [0.15, 0.2) is 0 Å². The Morgan fingerprint density at radius 1 is 1.42 bits per heavy atom. The van der Waals surface area contributed by atoms with Crippen molar-refractivity contribution >= 4 is 11.3 Å². The normalized spacial score (nSPS) is 12.7. The molecule has 2 aromatic heterocycles. The number of aryl methyl sites for hydroxylation is 2. The highest BCUT2D eigenvalue weighted by molar-refractivity contribution is 7.09. The summed E-state index contributed by atoms with van der Waals surface area (Å²) in [5, 5.41) is 10.1. The van der Waals surface area contributed by atoms with Crippen LogP contribution in [-0.2, 0) is 19.9 Å². The molecular weight excluding hydrogens is 254 g/mol. The third-order valence-electron chi connectivity index (χ3n) is 3.38. The van der Waals surface area contributed by atoms with Crippen LogP contribution in [0.5, 0.6) is 0 Å². The highest BCUT2D eigenvalue weighted by Gasteiger charge is 2.11. The maximum Gasteiger partial charge on any atom is 0.0492 e. The van der Waals surface area contributed by atoms with Crippen molar-refractivity contribution in [2.24, 2.45) is 7.05 Å². The smallest absolute Gasteiger partial charge is 0.0492 e. The van der Waals surface area contributed by atoms with Crippen molar-refractivity contribution in [2.75, 3.05) is 6.54 Å². The van der Waals surface area contributed by atoms with Crippen molar-refractivity contribution in [3.8, 4) is 0 Å². The Morgan fingerprint density at radius 3 is 2.95 bits per heavy atom. The molecule has 0 aromatic carbocycles. The van der Waals surface area contributed by atoms with Gasteiger partial charge in [0.25, 0.3) is 0 Å². The van der Waals surface area contributed by atoms with Gasteiger partial charge in [-0.25, -0.2) is 0 Å². The van der Waals surface area contributed by atoms with Gasteiger partial charge in [-0.15, -0.1) is 11.3 Å².